The average molecular weight is 389 g/mol. The predicted octanol–water partition coefficient (Wildman–Crippen LogP) is 4.77. The van der Waals surface area contributed by atoms with E-state index in [1.807, 2.05) is 25.1 Å². The van der Waals surface area contributed by atoms with Crippen molar-refractivity contribution in [2.24, 2.45) is 5.92 Å². The maximum Gasteiger partial charge on any atom is 0.309 e. The lowest BCUT2D eigenvalue weighted by Gasteiger charge is -2.31. The third-order valence-corrected chi connectivity index (χ3v) is 5.45. The van der Waals surface area contributed by atoms with Gasteiger partial charge in [-0.1, -0.05) is 48.9 Å². The fourth-order valence-corrected chi connectivity index (χ4v) is 3.82. The lowest BCUT2D eigenvalue weighted by atomic mass is 9.97. The molecule has 0 bridgehead atoms. The first-order chi connectivity index (χ1) is 14.2. The van der Waals surface area contributed by atoms with Crippen LogP contribution in [0.25, 0.3) is 22.2 Å². The summed E-state index contributed by atoms with van der Waals surface area (Å²) in [5, 5.41) is 1.07. The normalized spacial score (nSPS) is 14.9. The van der Waals surface area contributed by atoms with E-state index in [1.54, 1.807) is 0 Å². The van der Waals surface area contributed by atoms with E-state index in [0.29, 0.717) is 6.61 Å². The summed E-state index contributed by atoms with van der Waals surface area (Å²) in [6.45, 7) is 6.13. The molecule has 0 radical (unpaired) electrons. The molecule has 0 saturated carbocycles. The summed E-state index contributed by atoms with van der Waals surface area (Å²) in [4.78, 5) is 24.2. The third kappa shape index (κ3) is 4.24. The summed E-state index contributed by atoms with van der Waals surface area (Å²) in [5.74, 6) is 0.654. The smallest absolute Gasteiger partial charge is 0.309 e. The number of carbonyl (C=O) groups excluding carboxylic acids is 1. The van der Waals surface area contributed by atoms with Crippen molar-refractivity contribution >= 4 is 22.8 Å². The Kier molecular flexibility index (Phi) is 5.74. The van der Waals surface area contributed by atoms with Gasteiger partial charge in [0.2, 0.25) is 5.95 Å². The SMILES string of the molecule is CCCOC(=O)C1CCN(c2nc(-c3ccccc3)c3cc(C)ccc3n2)CC1. The Morgan fingerprint density at radius 2 is 1.86 bits per heavy atom. The van der Waals surface area contributed by atoms with Crippen LogP contribution in [-0.4, -0.2) is 35.6 Å². The highest BCUT2D eigenvalue weighted by molar-refractivity contribution is 5.93. The molecular weight excluding hydrogens is 362 g/mol. The first-order valence-corrected chi connectivity index (χ1v) is 10.4. The van der Waals surface area contributed by atoms with Crippen LogP contribution in [0.2, 0.25) is 0 Å². The maximum absolute atomic E-state index is 12.2. The number of benzene rings is 2. The van der Waals surface area contributed by atoms with Gasteiger partial charge >= 0.3 is 5.97 Å². The first-order valence-electron chi connectivity index (χ1n) is 10.4. The molecule has 0 spiro atoms. The highest BCUT2D eigenvalue weighted by Gasteiger charge is 2.27. The molecule has 0 unspecified atom stereocenters. The van der Waals surface area contributed by atoms with Crippen LogP contribution in [0, 0.1) is 12.8 Å². The van der Waals surface area contributed by atoms with Crippen molar-refractivity contribution in [1.29, 1.82) is 0 Å². The molecular formula is C24H27N3O2. The summed E-state index contributed by atoms with van der Waals surface area (Å²) in [6.07, 6.45) is 2.41. The van der Waals surface area contributed by atoms with Gasteiger partial charge in [-0.15, -0.1) is 0 Å². The molecule has 3 aromatic rings. The fourth-order valence-electron chi connectivity index (χ4n) is 3.82. The molecule has 150 valence electrons. The molecule has 0 aliphatic carbocycles. The molecule has 1 fully saturated rings. The van der Waals surface area contributed by atoms with Crippen LogP contribution in [0.1, 0.15) is 31.7 Å². The fraction of sp³-hybridized carbons (Fsp3) is 0.375. The third-order valence-electron chi connectivity index (χ3n) is 5.45. The van der Waals surface area contributed by atoms with Crippen LogP contribution in [-0.2, 0) is 9.53 Å². The summed E-state index contributed by atoms with van der Waals surface area (Å²) in [7, 11) is 0. The van der Waals surface area contributed by atoms with Crippen LogP contribution in [0.15, 0.2) is 48.5 Å². The van der Waals surface area contributed by atoms with E-state index >= 15 is 0 Å². The van der Waals surface area contributed by atoms with E-state index in [4.69, 9.17) is 14.7 Å². The first kappa shape index (κ1) is 19.4. The highest BCUT2D eigenvalue weighted by atomic mass is 16.5. The Balaban J connectivity index is 1.62. The molecule has 1 aliphatic rings. The Labute approximate surface area is 171 Å². The number of piperidine rings is 1. The summed E-state index contributed by atoms with van der Waals surface area (Å²) >= 11 is 0. The standard InChI is InChI=1S/C24H27N3O2/c1-3-15-29-23(28)19-11-13-27(14-12-19)24-25-21-10-9-17(2)16-20(21)22(26-24)18-7-5-4-6-8-18/h4-10,16,19H,3,11-15H2,1-2H3. The molecule has 1 aliphatic heterocycles. The molecule has 1 saturated heterocycles. The van der Waals surface area contributed by atoms with Gasteiger partial charge in [-0.05, 0) is 38.3 Å². The van der Waals surface area contributed by atoms with Crippen molar-refractivity contribution in [3.63, 3.8) is 0 Å². The Bertz CT molecular complexity index is 996. The number of ether oxygens (including phenoxy) is 1. The van der Waals surface area contributed by atoms with Gasteiger partial charge in [0.05, 0.1) is 23.7 Å². The van der Waals surface area contributed by atoms with Crippen molar-refractivity contribution in [2.45, 2.75) is 33.1 Å². The number of esters is 1. The van der Waals surface area contributed by atoms with Crippen molar-refractivity contribution in [3.8, 4) is 11.3 Å². The van der Waals surface area contributed by atoms with Crippen LogP contribution in [0.5, 0.6) is 0 Å². The van der Waals surface area contributed by atoms with E-state index < -0.39 is 0 Å². The summed E-state index contributed by atoms with van der Waals surface area (Å²) in [5.41, 5.74) is 4.19. The average Bonchev–Trinajstić information content (AvgIpc) is 2.77. The number of carbonyl (C=O) groups is 1. The second-order valence-corrected chi connectivity index (χ2v) is 7.69. The van der Waals surface area contributed by atoms with Crippen LogP contribution in [0.3, 0.4) is 0 Å². The zero-order valence-electron chi connectivity index (χ0n) is 17.1. The quantitative estimate of drug-likeness (QED) is 0.588. The highest BCUT2D eigenvalue weighted by Crippen LogP contribution is 2.30. The number of anilines is 1. The Morgan fingerprint density at radius 3 is 2.59 bits per heavy atom. The molecule has 5 heteroatoms. The largest absolute Gasteiger partial charge is 0.465 e. The van der Waals surface area contributed by atoms with Crippen molar-refractivity contribution in [1.82, 2.24) is 9.97 Å². The van der Waals surface area contributed by atoms with E-state index in [0.717, 1.165) is 60.5 Å². The van der Waals surface area contributed by atoms with Gasteiger partial charge < -0.3 is 9.64 Å². The van der Waals surface area contributed by atoms with Gasteiger partial charge in [0.15, 0.2) is 0 Å². The molecule has 5 nitrogen and oxygen atoms in total. The van der Waals surface area contributed by atoms with E-state index in [-0.39, 0.29) is 11.9 Å². The van der Waals surface area contributed by atoms with Crippen molar-refractivity contribution in [2.75, 3.05) is 24.6 Å². The maximum atomic E-state index is 12.2. The minimum absolute atomic E-state index is 0.0190. The van der Waals surface area contributed by atoms with Gasteiger partial charge in [0.1, 0.15) is 0 Å². The monoisotopic (exact) mass is 389 g/mol. The Morgan fingerprint density at radius 1 is 1.10 bits per heavy atom. The molecule has 0 atom stereocenters. The van der Waals surface area contributed by atoms with E-state index in [1.165, 1.54) is 5.56 Å². The van der Waals surface area contributed by atoms with Gasteiger partial charge in [-0.3, -0.25) is 4.79 Å². The molecule has 1 aromatic heterocycles. The lowest BCUT2D eigenvalue weighted by molar-refractivity contribution is -0.149. The second kappa shape index (κ2) is 8.60. The molecule has 0 amide bonds. The molecule has 0 N–H and O–H groups in total. The zero-order valence-corrected chi connectivity index (χ0v) is 17.1. The molecule has 2 heterocycles. The number of aromatic nitrogens is 2. The molecule has 4 rings (SSSR count). The predicted molar refractivity (Wildman–Crippen MR) is 116 cm³/mol. The zero-order chi connectivity index (χ0) is 20.2. The number of hydrogen-bond donors (Lipinski definition) is 0. The molecule has 2 aromatic carbocycles. The number of aryl methyl sites for hydroxylation is 1. The number of nitrogens with zero attached hydrogens (tertiary/aromatic N) is 3. The minimum atomic E-state index is -0.0635. The number of fused-ring (bicyclic) bond motifs is 1. The summed E-state index contributed by atoms with van der Waals surface area (Å²) in [6, 6.07) is 16.6. The van der Waals surface area contributed by atoms with Crippen LogP contribution >= 0.6 is 0 Å². The topological polar surface area (TPSA) is 55.3 Å². The van der Waals surface area contributed by atoms with Gasteiger partial charge in [-0.2, -0.15) is 0 Å². The molecule has 29 heavy (non-hydrogen) atoms. The van der Waals surface area contributed by atoms with Crippen molar-refractivity contribution < 1.29 is 9.53 Å². The Hall–Kier alpha value is -2.95. The van der Waals surface area contributed by atoms with E-state index in [2.05, 4.69) is 42.2 Å². The van der Waals surface area contributed by atoms with Gasteiger partial charge in [0.25, 0.3) is 0 Å². The lowest BCUT2D eigenvalue weighted by Crippen LogP contribution is -2.38. The van der Waals surface area contributed by atoms with Crippen molar-refractivity contribution in [3.05, 3.63) is 54.1 Å². The second-order valence-electron chi connectivity index (χ2n) is 7.69. The van der Waals surface area contributed by atoms with E-state index in [9.17, 15) is 4.79 Å². The minimum Gasteiger partial charge on any atom is -0.465 e. The number of rotatable bonds is 5. The van der Waals surface area contributed by atoms with Crippen LogP contribution in [0.4, 0.5) is 5.95 Å². The summed E-state index contributed by atoms with van der Waals surface area (Å²) < 4.78 is 5.33. The van der Waals surface area contributed by atoms with Crippen LogP contribution < -0.4 is 4.90 Å². The van der Waals surface area contributed by atoms with Gasteiger partial charge in [-0.25, -0.2) is 9.97 Å². The number of hydrogen-bond acceptors (Lipinski definition) is 5. The van der Waals surface area contributed by atoms with Gasteiger partial charge in [0, 0.05) is 24.0 Å².